The standard InChI is InChI=1S/C21H29N7O3.C2H2/c1-15(30)21-19(11-28(25-21)10-16(8-22)12-29)24-20-3-2-17(9-23-20)26-4-6-27(7-5-26)18-13-31-14-18;1-2/h2-3,9-11,18,29H,4-8,12-14,22H2,1H3,(H,23,24);1-2H/b16-10-;. The van der Waals surface area contributed by atoms with Crippen molar-refractivity contribution in [2.45, 2.75) is 13.0 Å². The van der Waals surface area contributed by atoms with Crippen LogP contribution in [0.1, 0.15) is 17.4 Å². The molecular weight excluding hydrogens is 422 g/mol. The molecule has 0 bridgehead atoms. The molecule has 0 spiro atoms. The third kappa shape index (κ3) is 5.97. The summed E-state index contributed by atoms with van der Waals surface area (Å²) in [5.74, 6) is 0.459. The highest BCUT2D eigenvalue weighted by Crippen LogP contribution is 2.23. The zero-order valence-corrected chi connectivity index (χ0v) is 18.9. The second-order valence-corrected chi connectivity index (χ2v) is 7.82. The van der Waals surface area contributed by atoms with Gasteiger partial charge in [0.1, 0.15) is 5.82 Å². The highest BCUT2D eigenvalue weighted by Gasteiger charge is 2.28. The van der Waals surface area contributed by atoms with E-state index in [1.807, 2.05) is 18.3 Å². The minimum absolute atomic E-state index is 0.166. The topological polar surface area (TPSA) is 122 Å². The van der Waals surface area contributed by atoms with Gasteiger partial charge in [-0.25, -0.2) is 9.67 Å². The number of ether oxygens (including phenoxy) is 1. The van der Waals surface area contributed by atoms with Gasteiger partial charge in [-0.05, 0) is 17.7 Å². The normalized spacial score (nSPS) is 17.1. The molecule has 2 aromatic rings. The summed E-state index contributed by atoms with van der Waals surface area (Å²) in [6.07, 6.45) is 13.1. The van der Waals surface area contributed by atoms with Crippen molar-refractivity contribution in [1.82, 2.24) is 19.7 Å². The number of ketones is 1. The van der Waals surface area contributed by atoms with Crippen LogP contribution in [0, 0.1) is 12.8 Å². The molecule has 2 fully saturated rings. The van der Waals surface area contributed by atoms with E-state index in [2.05, 4.69) is 38.0 Å². The molecule has 4 heterocycles. The Labute approximate surface area is 194 Å². The zero-order valence-electron chi connectivity index (χ0n) is 18.9. The summed E-state index contributed by atoms with van der Waals surface area (Å²) in [6, 6.07) is 4.52. The van der Waals surface area contributed by atoms with Gasteiger partial charge in [-0.15, -0.1) is 12.8 Å². The highest BCUT2D eigenvalue weighted by atomic mass is 16.5. The average Bonchev–Trinajstić information content (AvgIpc) is 3.21. The van der Waals surface area contributed by atoms with Crippen molar-refractivity contribution in [3.05, 3.63) is 35.8 Å². The number of terminal acetylenes is 1. The lowest BCUT2D eigenvalue weighted by molar-refractivity contribution is -0.0660. The molecule has 4 N–H and O–H groups in total. The van der Waals surface area contributed by atoms with Crippen LogP contribution in [0.2, 0.25) is 0 Å². The number of aliphatic hydroxyl groups excluding tert-OH is 1. The van der Waals surface area contributed by atoms with Crippen LogP contribution in [0.5, 0.6) is 0 Å². The Kier molecular flexibility index (Phi) is 8.57. The minimum Gasteiger partial charge on any atom is -0.392 e. The largest absolute Gasteiger partial charge is 0.392 e. The number of carbonyl (C=O) groups is 1. The second-order valence-electron chi connectivity index (χ2n) is 7.82. The molecule has 0 aliphatic carbocycles. The fourth-order valence-corrected chi connectivity index (χ4v) is 3.72. The number of hydrogen-bond acceptors (Lipinski definition) is 9. The maximum atomic E-state index is 12.0. The first-order valence-electron chi connectivity index (χ1n) is 10.8. The fraction of sp³-hybridized carbons (Fsp3) is 0.435. The Morgan fingerprint density at radius 3 is 2.55 bits per heavy atom. The summed E-state index contributed by atoms with van der Waals surface area (Å²) < 4.78 is 6.78. The van der Waals surface area contributed by atoms with Crippen LogP contribution in [-0.2, 0) is 4.74 Å². The number of Topliss-reactive ketones (excluding diaryl/α,β-unsaturated/α-hetero) is 1. The Hall–Kier alpha value is -3.23. The molecule has 0 saturated carbocycles. The molecule has 0 aromatic carbocycles. The van der Waals surface area contributed by atoms with Crippen molar-refractivity contribution in [1.29, 1.82) is 0 Å². The molecule has 176 valence electrons. The van der Waals surface area contributed by atoms with Gasteiger partial charge in [0.2, 0.25) is 0 Å². The summed E-state index contributed by atoms with van der Waals surface area (Å²) in [5.41, 5.74) is 8.13. The van der Waals surface area contributed by atoms with Gasteiger partial charge in [0.05, 0.1) is 49.6 Å². The van der Waals surface area contributed by atoms with Gasteiger partial charge in [0.25, 0.3) is 0 Å². The first-order valence-corrected chi connectivity index (χ1v) is 10.8. The summed E-state index contributed by atoms with van der Waals surface area (Å²) in [6.45, 7) is 7.19. The van der Waals surface area contributed by atoms with Crippen LogP contribution in [-0.4, -0.2) is 89.1 Å². The Morgan fingerprint density at radius 1 is 1.30 bits per heavy atom. The zero-order chi connectivity index (χ0) is 23.8. The van der Waals surface area contributed by atoms with Gasteiger partial charge in [-0.3, -0.25) is 9.69 Å². The molecule has 2 aromatic heterocycles. The van der Waals surface area contributed by atoms with E-state index >= 15 is 0 Å². The molecule has 0 atom stereocenters. The van der Waals surface area contributed by atoms with Crippen molar-refractivity contribution in [3.8, 4) is 12.8 Å². The maximum Gasteiger partial charge on any atom is 0.182 e. The molecule has 10 heteroatoms. The lowest BCUT2D eigenvalue weighted by atomic mass is 10.2. The molecule has 2 aliphatic heterocycles. The number of rotatable bonds is 8. The average molecular weight is 454 g/mol. The number of nitrogens with one attached hydrogen (secondary N) is 1. The second kappa shape index (κ2) is 11.6. The molecule has 2 saturated heterocycles. The Bertz CT molecular complexity index is 966. The van der Waals surface area contributed by atoms with Crippen LogP contribution >= 0.6 is 0 Å². The molecule has 0 amide bonds. The fourth-order valence-electron chi connectivity index (χ4n) is 3.72. The number of hydrogen-bond donors (Lipinski definition) is 3. The third-order valence-corrected chi connectivity index (χ3v) is 5.67. The minimum atomic E-state index is -0.167. The molecule has 33 heavy (non-hydrogen) atoms. The quantitative estimate of drug-likeness (QED) is 0.393. The highest BCUT2D eigenvalue weighted by molar-refractivity contribution is 5.98. The van der Waals surface area contributed by atoms with Crippen molar-refractivity contribution in [2.24, 2.45) is 5.73 Å². The first kappa shape index (κ1) is 24.4. The Balaban J connectivity index is 0.00000149. The van der Waals surface area contributed by atoms with Gasteiger partial charge in [-0.1, -0.05) is 0 Å². The van der Waals surface area contributed by atoms with Crippen molar-refractivity contribution in [3.63, 3.8) is 0 Å². The number of pyridine rings is 1. The monoisotopic (exact) mass is 453 g/mol. The SMILES string of the molecule is C#C.CC(=O)c1nn(/C=C(/CN)CO)cc1Nc1ccc(N2CCN(C3COC3)CC2)cn1. The lowest BCUT2D eigenvalue weighted by Crippen LogP contribution is -2.56. The number of carbonyl (C=O) groups excluding carboxylic acids is 1. The smallest absolute Gasteiger partial charge is 0.182 e. The van der Waals surface area contributed by atoms with Gasteiger partial charge >= 0.3 is 0 Å². The maximum absolute atomic E-state index is 12.0. The first-order chi connectivity index (χ1) is 16.1. The van der Waals surface area contributed by atoms with Gasteiger partial charge < -0.3 is 25.8 Å². The van der Waals surface area contributed by atoms with Crippen molar-refractivity contribution >= 4 is 29.2 Å². The number of aliphatic hydroxyl groups is 1. The van der Waals surface area contributed by atoms with Gasteiger partial charge in [-0.2, -0.15) is 5.10 Å². The number of aromatic nitrogens is 3. The van der Waals surface area contributed by atoms with Gasteiger partial charge in [0.15, 0.2) is 11.5 Å². The van der Waals surface area contributed by atoms with E-state index in [1.165, 1.54) is 11.6 Å². The predicted molar refractivity (Wildman–Crippen MR) is 128 cm³/mol. The van der Waals surface area contributed by atoms with Crippen LogP contribution < -0.4 is 16.0 Å². The summed E-state index contributed by atoms with van der Waals surface area (Å²) in [4.78, 5) is 21.4. The number of nitrogens with two attached hydrogens (primary N) is 1. The van der Waals surface area contributed by atoms with Crippen LogP contribution in [0.25, 0.3) is 6.20 Å². The number of nitrogens with zero attached hydrogens (tertiary/aromatic N) is 5. The van der Waals surface area contributed by atoms with E-state index in [1.54, 1.807) is 12.4 Å². The van der Waals surface area contributed by atoms with Crippen LogP contribution in [0.15, 0.2) is 30.1 Å². The van der Waals surface area contributed by atoms with Crippen LogP contribution in [0.4, 0.5) is 17.2 Å². The number of piperazine rings is 1. The van der Waals surface area contributed by atoms with E-state index in [4.69, 9.17) is 10.5 Å². The molecule has 10 nitrogen and oxygen atoms in total. The van der Waals surface area contributed by atoms with E-state index in [-0.39, 0.29) is 18.9 Å². The van der Waals surface area contributed by atoms with Crippen LogP contribution in [0.3, 0.4) is 0 Å². The Morgan fingerprint density at radius 2 is 2.03 bits per heavy atom. The summed E-state index contributed by atoms with van der Waals surface area (Å²) >= 11 is 0. The molecule has 0 radical (unpaired) electrons. The predicted octanol–water partition coefficient (Wildman–Crippen LogP) is 0.786. The van der Waals surface area contributed by atoms with Crippen molar-refractivity contribution < 1.29 is 14.6 Å². The van der Waals surface area contributed by atoms with Gasteiger partial charge in [0, 0.05) is 45.8 Å². The van der Waals surface area contributed by atoms with E-state index in [0.29, 0.717) is 28.8 Å². The van der Waals surface area contributed by atoms with E-state index < -0.39 is 0 Å². The summed E-state index contributed by atoms with van der Waals surface area (Å²) in [5, 5.41) is 16.8. The molecule has 4 rings (SSSR count). The lowest BCUT2D eigenvalue weighted by Gasteiger charge is -2.43. The number of anilines is 3. The third-order valence-electron chi connectivity index (χ3n) is 5.67. The molecule has 2 aliphatic rings. The molecular formula is C23H31N7O3. The van der Waals surface area contributed by atoms with Crippen molar-refractivity contribution in [2.75, 3.05) is 62.8 Å². The summed E-state index contributed by atoms with van der Waals surface area (Å²) in [7, 11) is 0. The molecule has 0 unspecified atom stereocenters. The van der Waals surface area contributed by atoms with E-state index in [9.17, 15) is 9.90 Å². The van der Waals surface area contributed by atoms with E-state index in [0.717, 1.165) is 45.1 Å².